The summed E-state index contributed by atoms with van der Waals surface area (Å²) in [5.74, 6) is 0.535. The molecule has 0 bridgehead atoms. The third-order valence-corrected chi connectivity index (χ3v) is 2.42. The van der Waals surface area contributed by atoms with Gasteiger partial charge in [0.25, 0.3) is 0 Å². The van der Waals surface area contributed by atoms with Gasteiger partial charge in [0, 0.05) is 12.7 Å². The van der Waals surface area contributed by atoms with Crippen LogP contribution in [0, 0.1) is 11.3 Å². The van der Waals surface area contributed by atoms with E-state index in [2.05, 4.69) is 4.98 Å². The number of nitrogens with zero attached hydrogens (tertiary/aromatic N) is 3. The van der Waals surface area contributed by atoms with Crippen LogP contribution in [0.5, 0.6) is 0 Å². The molecule has 2 rings (SSSR count). The molecule has 1 fully saturated rings. The van der Waals surface area contributed by atoms with Crippen LogP contribution in [0.3, 0.4) is 0 Å². The van der Waals surface area contributed by atoms with Gasteiger partial charge in [0.2, 0.25) is 0 Å². The highest BCUT2D eigenvalue weighted by molar-refractivity contribution is 5.46. The second-order valence-corrected chi connectivity index (χ2v) is 3.50. The van der Waals surface area contributed by atoms with Crippen LogP contribution in [-0.2, 0) is 0 Å². The van der Waals surface area contributed by atoms with Gasteiger partial charge in [0.1, 0.15) is 18.1 Å². The number of β-amino-alcohol motifs (C(OH)–C–C–N with tert-alkyl or cyclic N) is 1. The molecule has 4 nitrogen and oxygen atoms in total. The maximum atomic E-state index is 13.1. The number of pyridine rings is 1. The monoisotopic (exact) mass is 207 g/mol. The van der Waals surface area contributed by atoms with Gasteiger partial charge >= 0.3 is 0 Å². The molecule has 1 saturated heterocycles. The third kappa shape index (κ3) is 1.90. The first-order chi connectivity index (χ1) is 7.20. The molecule has 1 aromatic heterocycles. The van der Waals surface area contributed by atoms with Crippen molar-refractivity contribution in [2.24, 2.45) is 0 Å². The molecule has 15 heavy (non-hydrogen) atoms. The average Bonchev–Trinajstić information content (AvgIpc) is 2.59. The summed E-state index contributed by atoms with van der Waals surface area (Å²) >= 11 is 0. The Kier molecular flexibility index (Phi) is 2.52. The lowest BCUT2D eigenvalue weighted by Crippen LogP contribution is -2.22. The first-order valence-corrected chi connectivity index (χ1v) is 4.64. The van der Waals surface area contributed by atoms with Crippen molar-refractivity contribution in [3.05, 3.63) is 23.9 Å². The van der Waals surface area contributed by atoms with Crippen LogP contribution in [0.25, 0.3) is 0 Å². The minimum atomic E-state index is -1.24. The third-order valence-electron chi connectivity index (χ3n) is 2.42. The summed E-state index contributed by atoms with van der Waals surface area (Å²) in [6, 6.07) is 5.16. The zero-order valence-electron chi connectivity index (χ0n) is 7.97. The molecule has 2 unspecified atom stereocenters. The summed E-state index contributed by atoms with van der Waals surface area (Å²) in [5, 5.41) is 17.9. The number of alkyl halides is 1. The van der Waals surface area contributed by atoms with E-state index in [-0.39, 0.29) is 13.1 Å². The maximum Gasteiger partial charge on any atom is 0.145 e. The van der Waals surface area contributed by atoms with E-state index >= 15 is 0 Å². The Balaban J connectivity index is 2.21. The van der Waals surface area contributed by atoms with Gasteiger partial charge in [0.15, 0.2) is 0 Å². The van der Waals surface area contributed by atoms with E-state index in [1.54, 1.807) is 17.0 Å². The van der Waals surface area contributed by atoms with Crippen molar-refractivity contribution in [1.82, 2.24) is 4.98 Å². The van der Waals surface area contributed by atoms with Gasteiger partial charge in [-0.1, -0.05) is 0 Å². The van der Waals surface area contributed by atoms with Crippen molar-refractivity contribution in [3.63, 3.8) is 0 Å². The number of aliphatic hydroxyl groups excluding tert-OH is 1. The van der Waals surface area contributed by atoms with E-state index < -0.39 is 12.3 Å². The van der Waals surface area contributed by atoms with Crippen LogP contribution in [0.2, 0.25) is 0 Å². The molecule has 1 aliphatic heterocycles. The highest BCUT2D eigenvalue weighted by Gasteiger charge is 2.31. The molecule has 0 aromatic carbocycles. The smallest absolute Gasteiger partial charge is 0.145 e. The summed E-state index contributed by atoms with van der Waals surface area (Å²) < 4.78 is 13.1. The number of hydrogen-bond acceptors (Lipinski definition) is 4. The lowest BCUT2D eigenvalue weighted by molar-refractivity contribution is 0.118. The Morgan fingerprint density at radius 2 is 2.40 bits per heavy atom. The van der Waals surface area contributed by atoms with Gasteiger partial charge in [-0.2, -0.15) is 5.26 Å². The molecule has 0 aliphatic carbocycles. The standard InChI is InChI=1S/C10H10FN3O/c11-8-5-14(6-9(8)15)10-3-7(4-12)1-2-13-10/h1-3,8-9,15H,5-6H2. The fourth-order valence-electron chi connectivity index (χ4n) is 1.59. The van der Waals surface area contributed by atoms with E-state index in [1.807, 2.05) is 6.07 Å². The molecule has 78 valence electrons. The number of nitriles is 1. The van der Waals surface area contributed by atoms with E-state index in [0.717, 1.165) is 0 Å². The van der Waals surface area contributed by atoms with Gasteiger partial charge in [-0.25, -0.2) is 9.37 Å². The Hall–Kier alpha value is -1.67. The summed E-state index contributed by atoms with van der Waals surface area (Å²) in [5.41, 5.74) is 0.483. The van der Waals surface area contributed by atoms with E-state index in [0.29, 0.717) is 11.4 Å². The normalized spacial score (nSPS) is 25.3. The quantitative estimate of drug-likeness (QED) is 0.727. The molecule has 5 heteroatoms. The van der Waals surface area contributed by atoms with E-state index in [4.69, 9.17) is 5.26 Å². The van der Waals surface area contributed by atoms with Gasteiger partial charge in [-0.05, 0) is 12.1 Å². The molecule has 0 radical (unpaired) electrons. The first-order valence-electron chi connectivity index (χ1n) is 4.64. The van der Waals surface area contributed by atoms with E-state index in [9.17, 15) is 9.50 Å². The minimum Gasteiger partial charge on any atom is -0.388 e. The van der Waals surface area contributed by atoms with Crippen LogP contribution in [0.15, 0.2) is 18.3 Å². The van der Waals surface area contributed by atoms with Gasteiger partial charge in [-0.15, -0.1) is 0 Å². The lowest BCUT2D eigenvalue weighted by atomic mass is 10.3. The molecule has 0 amide bonds. The van der Waals surface area contributed by atoms with Crippen LogP contribution in [0.4, 0.5) is 10.2 Å². The second kappa shape index (κ2) is 3.83. The Labute approximate surface area is 86.6 Å². The van der Waals surface area contributed by atoms with Gasteiger partial charge in [-0.3, -0.25) is 0 Å². The number of aliphatic hydroxyl groups is 1. The molecule has 1 aliphatic rings. The van der Waals surface area contributed by atoms with Gasteiger partial charge < -0.3 is 10.0 Å². The van der Waals surface area contributed by atoms with Crippen molar-refractivity contribution in [2.45, 2.75) is 12.3 Å². The summed E-state index contributed by atoms with van der Waals surface area (Å²) in [6.07, 6.45) is -0.693. The zero-order chi connectivity index (χ0) is 10.8. The van der Waals surface area contributed by atoms with Gasteiger partial charge in [0.05, 0.1) is 18.2 Å². The minimum absolute atomic E-state index is 0.128. The fourth-order valence-corrected chi connectivity index (χ4v) is 1.59. The van der Waals surface area contributed by atoms with Crippen LogP contribution in [-0.4, -0.2) is 35.5 Å². The zero-order valence-corrected chi connectivity index (χ0v) is 7.97. The Morgan fingerprint density at radius 1 is 1.60 bits per heavy atom. The molecule has 1 N–H and O–H groups in total. The Morgan fingerprint density at radius 3 is 3.00 bits per heavy atom. The molecule has 0 saturated carbocycles. The van der Waals surface area contributed by atoms with Crippen LogP contribution >= 0.6 is 0 Å². The summed E-state index contributed by atoms with van der Waals surface area (Å²) in [7, 11) is 0. The second-order valence-electron chi connectivity index (χ2n) is 3.50. The predicted molar refractivity (Wildman–Crippen MR) is 52.1 cm³/mol. The summed E-state index contributed by atoms with van der Waals surface area (Å²) in [6.45, 7) is 0.353. The Bertz CT molecular complexity index is 394. The number of hydrogen-bond donors (Lipinski definition) is 1. The number of anilines is 1. The lowest BCUT2D eigenvalue weighted by Gasteiger charge is -2.15. The molecule has 2 heterocycles. The van der Waals surface area contributed by atoms with Crippen molar-refractivity contribution in [1.29, 1.82) is 5.26 Å². The SMILES string of the molecule is N#Cc1ccnc(N2CC(O)C(F)C2)c1. The van der Waals surface area contributed by atoms with E-state index in [1.165, 1.54) is 6.20 Å². The molecular formula is C10H10FN3O. The molecular weight excluding hydrogens is 197 g/mol. The van der Waals surface area contributed by atoms with Crippen LogP contribution < -0.4 is 4.90 Å². The van der Waals surface area contributed by atoms with Crippen molar-refractivity contribution < 1.29 is 9.50 Å². The van der Waals surface area contributed by atoms with Crippen molar-refractivity contribution in [2.75, 3.05) is 18.0 Å². The highest BCUT2D eigenvalue weighted by atomic mass is 19.1. The number of rotatable bonds is 1. The maximum absolute atomic E-state index is 13.1. The highest BCUT2D eigenvalue weighted by Crippen LogP contribution is 2.20. The summed E-state index contributed by atoms with van der Waals surface area (Å²) in [4.78, 5) is 5.67. The fraction of sp³-hybridized carbons (Fsp3) is 0.400. The van der Waals surface area contributed by atoms with Crippen molar-refractivity contribution in [3.8, 4) is 6.07 Å². The largest absolute Gasteiger partial charge is 0.388 e. The predicted octanol–water partition coefficient (Wildman–Crippen LogP) is 0.472. The topological polar surface area (TPSA) is 60.2 Å². The molecule has 1 aromatic rings. The molecule has 0 spiro atoms. The first kappa shape index (κ1) is 9.87. The number of halogens is 1. The van der Waals surface area contributed by atoms with Crippen LogP contribution in [0.1, 0.15) is 5.56 Å². The van der Waals surface area contributed by atoms with Crippen molar-refractivity contribution >= 4 is 5.82 Å². The average molecular weight is 207 g/mol. The molecule has 2 atom stereocenters. The number of aromatic nitrogens is 1.